The van der Waals surface area contributed by atoms with Crippen molar-refractivity contribution in [2.24, 2.45) is 7.05 Å². The van der Waals surface area contributed by atoms with Gasteiger partial charge in [-0.05, 0) is 18.2 Å². The predicted octanol–water partition coefficient (Wildman–Crippen LogP) is 1.49. The van der Waals surface area contributed by atoms with Crippen molar-refractivity contribution in [3.63, 3.8) is 0 Å². The number of benzene rings is 1. The summed E-state index contributed by atoms with van der Waals surface area (Å²) < 4.78 is 29.0. The van der Waals surface area contributed by atoms with Crippen LogP contribution in [0.25, 0.3) is 0 Å². The van der Waals surface area contributed by atoms with Crippen LogP contribution in [0, 0.1) is 11.6 Å². The Morgan fingerprint density at radius 3 is 2.95 bits per heavy atom. The molecule has 3 rings (SSSR count). The van der Waals surface area contributed by atoms with Gasteiger partial charge in [-0.25, -0.2) is 13.8 Å². The van der Waals surface area contributed by atoms with E-state index >= 15 is 0 Å². The number of rotatable bonds is 2. The zero-order valence-corrected chi connectivity index (χ0v) is 12.1. The van der Waals surface area contributed by atoms with Crippen LogP contribution in [0.5, 0.6) is 0 Å². The molecule has 5 nitrogen and oxygen atoms in total. The molecule has 1 fully saturated rings. The van der Waals surface area contributed by atoms with E-state index in [9.17, 15) is 13.6 Å². The second-order valence-electron chi connectivity index (χ2n) is 5.24. The molecule has 0 bridgehead atoms. The molecule has 1 aromatic heterocycles. The molecule has 1 unspecified atom stereocenters. The van der Waals surface area contributed by atoms with E-state index in [-0.39, 0.29) is 11.6 Å². The summed E-state index contributed by atoms with van der Waals surface area (Å²) in [6.07, 6.45) is 3.44. The predicted molar refractivity (Wildman–Crippen MR) is 76.2 cm³/mol. The normalized spacial score (nSPS) is 18.5. The minimum atomic E-state index is -0.719. The Labute approximate surface area is 126 Å². The molecular weight excluding hydrogens is 290 g/mol. The van der Waals surface area contributed by atoms with E-state index in [1.54, 1.807) is 12.4 Å². The van der Waals surface area contributed by atoms with E-state index in [1.807, 2.05) is 11.6 Å². The molecule has 1 saturated heterocycles. The number of imidazole rings is 1. The van der Waals surface area contributed by atoms with Crippen LogP contribution in [-0.4, -0.2) is 40.0 Å². The molecule has 7 heteroatoms. The molecule has 116 valence electrons. The molecule has 1 N–H and O–H groups in total. The first-order chi connectivity index (χ1) is 10.6. The molecule has 22 heavy (non-hydrogen) atoms. The van der Waals surface area contributed by atoms with Gasteiger partial charge in [-0.1, -0.05) is 0 Å². The average molecular weight is 306 g/mol. The first kappa shape index (κ1) is 14.6. The van der Waals surface area contributed by atoms with Gasteiger partial charge in [0.1, 0.15) is 23.5 Å². The molecule has 1 aliphatic heterocycles. The van der Waals surface area contributed by atoms with Gasteiger partial charge >= 0.3 is 0 Å². The molecule has 0 aliphatic carbocycles. The Hall–Kier alpha value is -2.28. The molecule has 0 saturated carbocycles. The number of nitrogens with one attached hydrogen (secondary N) is 1. The lowest BCUT2D eigenvalue weighted by Crippen LogP contribution is -2.49. The molecule has 2 heterocycles. The molecule has 1 aromatic carbocycles. The number of hydrogen-bond donors (Lipinski definition) is 1. The monoisotopic (exact) mass is 306 g/mol. The minimum absolute atomic E-state index is 0.249. The van der Waals surface area contributed by atoms with Gasteiger partial charge in [0, 0.05) is 39.1 Å². The summed E-state index contributed by atoms with van der Waals surface area (Å²) >= 11 is 0. The van der Waals surface area contributed by atoms with Gasteiger partial charge in [-0.2, -0.15) is 0 Å². The Balaban J connectivity index is 1.95. The standard InChI is InChI=1S/C15H16F2N4O/c1-20-6-5-19-14(20)13-9-18-4-7-21(13)15(22)11-8-10(16)2-3-12(11)17/h2-3,5-6,8,13,18H,4,7,9H2,1H3. The molecular formula is C15H16F2N4O. The van der Waals surface area contributed by atoms with Crippen molar-refractivity contribution in [1.29, 1.82) is 0 Å². The van der Waals surface area contributed by atoms with Crippen LogP contribution in [0.2, 0.25) is 0 Å². The van der Waals surface area contributed by atoms with E-state index in [0.29, 0.717) is 25.5 Å². The molecule has 2 aromatic rings. The lowest BCUT2D eigenvalue weighted by atomic mass is 10.1. The van der Waals surface area contributed by atoms with Crippen LogP contribution >= 0.6 is 0 Å². The number of halogens is 2. The highest BCUT2D eigenvalue weighted by molar-refractivity contribution is 5.94. The van der Waals surface area contributed by atoms with Gasteiger partial charge in [0.25, 0.3) is 5.91 Å². The molecule has 1 aliphatic rings. The number of amides is 1. The van der Waals surface area contributed by atoms with Crippen LogP contribution in [0.1, 0.15) is 22.2 Å². The van der Waals surface area contributed by atoms with Crippen LogP contribution < -0.4 is 5.32 Å². The molecule has 0 spiro atoms. The third-order valence-corrected chi connectivity index (χ3v) is 3.82. The van der Waals surface area contributed by atoms with Crippen LogP contribution in [0.15, 0.2) is 30.6 Å². The number of hydrogen-bond acceptors (Lipinski definition) is 3. The van der Waals surface area contributed by atoms with Crippen molar-refractivity contribution in [1.82, 2.24) is 19.8 Å². The highest BCUT2D eigenvalue weighted by Gasteiger charge is 2.32. The number of aryl methyl sites for hydroxylation is 1. The fourth-order valence-electron chi connectivity index (χ4n) is 2.69. The van der Waals surface area contributed by atoms with Gasteiger partial charge in [0.2, 0.25) is 0 Å². The summed E-state index contributed by atoms with van der Waals surface area (Å²) in [5, 5.41) is 3.20. The summed E-state index contributed by atoms with van der Waals surface area (Å²) in [6, 6.07) is 2.60. The molecule has 1 atom stereocenters. The van der Waals surface area contributed by atoms with Crippen LogP contribution in [0.4, 0.5) is 8.78 Å². The average Bonchev–Trinajstić information content (AvgIpc) is 2.95. The summed E-state index contributed by atoms with van der Waals surface area (Å²) in [5.41, 5.74) is -0.249. The Bertz CT molecular complexity index is 701. The Morgan fingerprint density at radius 2 is 2.23 bits per heavy atom. The largest absolute Gasteiger partial charge is 0.336 e. The zero-order chi connectivity index (χ0) is 15.7. The number of piperazine rings is 1. The number of carbonyl (C=O) groups excluding carboxylic acids is 1. The van der Waals surface area contributed by atoms with Gasteiger partial charge in [-0.15, -0.1) is 0 Å². The summed E-state index contributed by atoms with van der Waals surface area (Å²) in [5.74, 6) is -1.17. The second-order valence-corrected chi connectivity index (χ2v) is 5.24. The van der Waals surface area contributed by atoms with E-state index in [4.69, 9.17) is 0 Å². The second kappa shape index (κ2) is 5.84. The van der Waals surface area contributed by atoms with E-state index in [0.717, 1.165) is 18.2 Å². The van der Waals surface area contributed by atoms with Crippen molar-refractivity contribution in [3.8, 4) is 0 Å². The highest BCUT2D eigenvalue weighted by Crippen LogP contribution is 2.24. The summed E-state index contributed by atoms with van der Waals surface area (Å²) in [6.45, 7) is 1.53. The number of nitrogens with zero attached hydrogens (tertiary/aromatic N) is 3. The van der Waals surface area contributed by atoms with Crippen LogP contribution in [0.3, 0.4) is 0 Å². The van der Waals surface area contributed by atoms with Gasteiger partial charge in [0.05, 0.1) is 5.56 Å². The maximum atomic E-state index is 13.9. The van der Waals surface area contributed by atoms with Crippen molar-refractivity contribution >= 4 is 5.91 Å². The van der Waals surface area contributed by atoms with Crippen molar-refractivity contribution in [2.75, 3.05) is 19.6 Å². The van der Waals surface area contributed by atoms with Crippen LogP contribution in [-0.2, 0) is 7.05 Å². The Kier molecular flexibility index (Phi) is 3.89. The first-order valence-corrected chi connectivity index (χ1v) is 7.02. The lowest BCUT2D eigenvalue weighted by molar-refractivity contribution is 0.0615. The third kappa shape index (κ3) is 2.59. The van der Waals surface area contributed by atoms with Crippen molar-refractivity contribution in [3.05, 3.63) is 53.6 Å². The topological polar surface area (TPSA) is 50.2 Å². The molecule has 0 radical (unpaired) electrons. The molecule has 1 amide bonds. The van der Waals surface area contributed by atoms with Gasteiger partial charge in [-0.3, -0.25) is 4.79 Å². The van der Waals surface area contributed by atoms with Gasteiger partial charge in [0.15, 0.2) is 0 Å². The quantitative estimate of drug-likeness (QED) is 0.914. The number of carbonyl (C=O) groups is 1. The highest BCUT2D eigenvalue weighted by atomic mass is 19.1. The maximum Gasteiger partial charge on any atom is 0.257 e. The van der Waals surface area contributed by atoms with E-state index in [2.05, 4.69) is 10.3 Å². The van der Waals surface area contributed by atoms with Gasteiger partial charge < -0.3 is 14.8 Å². The minimum Gasteiger partial charge on any atom is -0.336 e. The van der Waals surface area contributed by atoms with E-state index in [1.165, 1.54) is 4.90 Å². The fourth-order valence-corrected chi connectivity index (χ4v) is 2.69. The first-order valence-electron chi connectivity index (χ1n) is 7.02. The van der Waals surface area contributed by atoms with E-state index < -0.39 is 17.5 Å². The lowest BCUT2D eigenvalue weighted by Gasteiger charge is -2.35. The third-order valence-electron chi connectivity index (χ3n) is 3.82. The Morgan fingerprint density at radius 1 is 1.41 bits per heavy atom. The SMILES string of the molecule is Cn1ccnc1C1CNCCN1C(=O)c1cc(F)ccc1F. The number of aromatic nitrogens is 2. The fraction of sp³-hybridized carbons (Fsp3) is 0.333. The zero-order valence-electron chi connectivity index (χ0n) is 12.1. The summed E-state index contributed by atoms with van der Waals surface area (Å²) in [4.78, 5) is 18.4. The maximum absolute atomic E-state index is 13.9. The smallest absolute Gasteiger partial charge is 0.257 e. The summed E-state index contributed by atoms with van der Waals surface area (Å²) in [7, 11) is 1.84. The van der Waals surface area contributed by atoms with Crippen molar-refractivity contribution in [2.45, 2.75) is 6.04 Å². The van der Waals surface area contributed by atoms with Crippen molar-refractivity contribution < 1.29 is 13.6 Å².